The number of hydrogen-bond acceptors (Lipinski definition) is 4. The Morgan fingerprint density at radius 1 is 1.32 bits per heavy atom. The molecule has 8 heteroatoms. The zero-order valence-electron chi connectivity index (χ0n) is 12.0. The topological polar surface area (TPSA) is 54.5 Å². The Labute approximate surface area is 126 Å². The molecule has 0 spiro atoms. The third kappa shape index (κ3) is 5.51. The summed E-state index contributed by atoms with van der Waals surface area (Å²) < 4.78 is 40.0. The number of alkyl halides is 3. The van der Waals surface area contributed by atoms with Gasteiger partial charge in [-0.25, -0.2) is 4.98 Å². The second kappa shape index (κ2) is 7.44. The zero-order chi connectivity index (χ0) is 16.0. The summed E-state index contributed by atoms with van der Waals surface area (Å²) in [6.07, 6.45) is -0.659. The van der Waals surface area contributed by atoms with Gasteiger partial charge in [-0.1, -0.05) is 0 Å². The number of hydrogen-bond donors (Lipinski definition) is 1. The Morgan fingerprint density at radius 3 is 2.64 bits per heavy atom. The molecule has 2 rings (SSSR count). The molecule has 2 heterocycles. The van der Waals surface area contributed by atoms with Gasteiger partial charge in [0, 0.05) is 13.1 Å². The van der Waals surface area contributed by atoms with Crippen LogP contribution in [0.3, 0.4) is 0 Å². The average Bonchev–Trinajstić information content (AvgIpc) is 2.98. The Kier molecular flexibility index (Phi) is 5.59. The van der Waals surface area contributed by atoms with E-state index in [1.807, 2.05) is 6.07 Å². The SMILES string of the molecule is O=C(CCOCC(F)(F)F)Nc1ccc(N2CCCC2)nc1. The number of nitrogens with one attached hydrogen (secondary N) is 1. The van der Waals surface area contributed by atoms with E-state index < -0.39 is 18.7 Å². The molecule has 0 aromatic carbocycles. The van der Waals surface area contributed by atoms with Crippen molar-refractivity contribution >= 4 is 17.4 Å². The van der Waals surface area contributed by atoms with Crippen LogP contribution in [0.2, 0.25) is 0 Å². The van der Waals surface area contributed by atoms with E-state index in [4.69, 9.17) is 0 Å². The van der Waals surface area contributed by atoms with Gasteiger partial charge in [0.15, 0.2) is 0 Å². The molecule has 122 valence electrons. The third-order valence-corrected chi connectivity index (χ3v) is 3.20. The molecule has 1 amide bonds. The lowest BCUT2D eigenvalue weighted by Gasteiger charge is -2.16. The zero-order valence-corrected chi connectivity index (χ0v) is 12.0. The van der Waals surface area contributed by atoms with Gasteiger partial charge in [0.05, 0.1) is 24.9 Å². The number of rotatable bonds is 6. The minimum absolute atomic E-state index is 0.135. The molecule has 22 heavy (non-hydrogen) atoms. The number of halogens is 3. The summed E-state index contributed by atoms with van der Waals surface area (Å²) in [6, 6.07) is 3.55. The van der Waals surface area contributed by atoms with Crippen molar-refractivity contribution < 1.29 is 22.7 Å². The summed E-state index contributed by atoms with van der Waals surface area (Å²) in [5.74, 6) is 0.460. The Bertz CT molecular complexity index is 485. The summed E-state index contributed by atoms with van der Waals surface area (Å²) in [6.45, 7) is 0.349. The number of aromatic nitrogens is 1. The number of anilines is 2. The van der Waals surface area contributed by atoms with Crippen LogP contribution in [0.15, 0.2) is 18.3 Å². The van der Waals surface area contributed by atoms with Gasteiger partial charge in [0.25, 0.3) is 0 Å². The van der Waals surface area contributed by atoms with Gasteiger partial charge in [0.1, 0.15) is 12.4 Å². The van der Waals surface area contributed by atoms with Crippen LogP contribution in [0.1, 0.15) is 19.3 Å². The van der Waals surface area contributed by atoms with Gasteiger partial charge in [-0.15, -0.1) is 0 Å². The molecule has 0 saturated carbocycles. The highest BCUT2D eigenvalue weighted by atomic mass is 19.4. The maximum atomic E-state index is 11.9. The van der Waals surface area contributed by atoms with Crippen LogP contribution in [0.5, 0.6) is 0 Å². The van der Waals surface area contributed by atoms with Crippen molar-refractivity contribution in [1.82, 2.24) is 4.98 Å². The standard InChI is InChI=1S/C14H18F3N3O2/c15-14(16,17)10-22-8-5-13(21)19-11-3-4-12(18-9-11)20-6-1-2-7-20/h3-4,9H,1-2,5-8,10H2,(H,19,21). The number of nitrogens with zero attached hydrogens (tertiary/aromatic N) is 2. The minimum Gasteiger partial charge on any atom is -0.372 e. The molecule has 0 aliphatic carbocycles. The van der Waals surface area contributed by atoms with Crippen LogP contribution in [0.4, 0.5) is 24.7 Å². The molecule has 1 saturated heterocycles. The Morgan fingerprint density at radius 2 is 2.05 bits per heavy atom. The molecule has 0 radical (unpaired) electrons. The van der Waals surface area contributed by atoms with Gasteiger partial charge in [-0.05, 0) is 25.0 Å². The van der Waals surface area contributed by atoms with Crippen molar-refractivity contribution in [2.45, 2.75) is 25.4 Å². The molecule has 1 aliphatic heterocycles. The van der Waals surface area contributed by atoms with Crippen molar-refractivity contribution in [2.24, 2.45) is 0 Å². The molecule has 0 atom stereocenters. The van der Waals surface area contributed by atoms with Crippen molar-refractivity contribution in [3.63, 3.8) is 0 Å². The first-order chi connectivity index (χ1) is 10.4. The van der Waals surface area contributed by atoms with Crippen molar-refractivity contribution in [1.29, 1.82) is 0 Å². The predicted molar refractivity (Wildman–Crippen MR) is 75.8 cm³/mol. The number of ether oxygens (including phenoxy) is 1. The highest BCUT2D eigenvalue weighted by Gasteiger charge is 2.27. The smallest absolute Gasteiger partial charge is 0.372 e. The molecule has 1 aromatic heterocycles. The fraction of sp³-hybridized carbons (Fsp3) is 0.571. The van der Waals surface area contributed by atoms with Crippen LogP contribution < -0.4 is 10.2 Å². The average molecular weight is 317 g/mol. The van der Waals surface area contributed by atoms with Crippen molar-refractivity contribution in [3.05, 3.63) is 18.3 Å². The van der Waals surface area contributed by atoms with E-state index in [-0.39, 0.29) is 13.0 Å². The monoisotopic (exact) mass is 317 g/mol. The highest BCUT2D eigenvalue weighted by Crippen LogP contribution is 2.19. The van der Waals surface area contributed by atoms with E-state index in [1.54, 1.807) is 12.3 Å². The number of pyridine rings is 1. The Balaban J connectivity index is 1.72. The molecular weight excluding hydrogens is 299 g/mol. The van der Waals surface area contributed by atoms with Gasteiger partial charge < -0.3 is 15.0 Å². The maximum absolute atomic E-state index is 11.9. The molecule has 0 unspecified atom stereocenters. The summed E-state index contributed by atoms with van der Waals surface area (Å²) in [7, 11) is 0. The van der Waals surface area contributed by atoms with E-state index in [0.717, 1.165) is 31.7 Å². The predicted octanol–water partition coefficient (Wildman–Crippen LogP) is 2.59. The molecule has 0 bridgehead atoms. The van der Waals surface area contributed by atoms with E-state index in [9.17, 15) is 18.0 Å². The highest BCUT2D eigenvalue weighted by molar-refractivity contribution is 5.90. The number of carbonyl (C=O) groups is 1. The van der Waals surface area contributed by atoms with Crippen molar-refractivity contribution in [3.8, 4) is 0 Å². The molecule has 1 aromatic rings. The van der Waals surface area contributed by atoms with E-state index in [2.05, 4.69) is 19.9 Å². The second-order valence-corrected chi connectivity index (χ2v) is 5.07. The van der Waals surface area contributed by atoms with Crippen LogP contribution in [-0.2, 0) is 9.53 Å². The van der Waals surface area contributed by atoms with E-state index in [1.165, 1.54) is 0 Å². The fourth-order valence-electron chi connectivity index (χ4n) is 2.17. The summed E-state index contributed by atoms with van der Waals surface area (Å²) in [5.41, 5.74) is 0.517. The van der Waals surface area contributed by atoms with Crippen LogP contribution in [0, 0.1) is 0 Å². The quantitative estimate of drug-likeness (QED) is 0.820. The lowest BCUT2D eigenvalue weighted by molar-refractivity contribution is -0.174. The Hall–Kier alpha value is -1.83. The first kappa shape index (κ1) is 16.5. The third-order valence-electron chi connectivity index (χ3n) is 3.20. The largest absolute Gasteiger partial charge is 0.411 e. The van der Waals surface area contributed by atoms with Gasteiger partial charge >= 0.3 is 6.18 Å². The molecular formula is C14H18F3N3O2. The van der Waals surface area contributed by atoms with Gasteiger partial charge in [-0.3, -0.25) is 4.79 Å². The summed E-state index contributed by atoms with van der Waals surface area (Å²) in [4.78, 5) is 18.0. The molecule has 1 N–H and O–H groups in total. The number of amides is 1. The maximum Gasteiger partial charge on any atom is 0.411 e. The van der Waals surface area contributed by atoms with Crippen LogP contribution in [0.25, 0.3) is 0 Å². The molecule has 1 fully saturated rings. The summed E-state index contributed by atoms with van der Waals surface area (Å²) in [5, 5.41) is 2.58. The first-order valence-electron chi connectivity index (χ1n) is 7.09. The molecule has 5 nitrogen and oxygen atoms in total. The fourth-order valence-corrected chi connectivity index (χ4v) is 2.17. The van der Waals surface area contributed by atoms with E-state index >= 15 is 0 Å². The molecule has 1 aliphatic rings. The lowest BCUT2D eigenvalue weighted by atomic mass is 10.3. The first-order valence-corrected chi connectivity index (χ1v) is 7.09. The van der Waals surface area contributed by atoms with Crippen molar-refractivity contribution in [2.75, 3.05) is 36.5 Å². The lowest BCUT2D eigenvalue weighted by Crippen LogP contribution is -2.20. The normalized spacial score (nSPS) is 15.1. The van der Waals surface area contributed by atoms with Crippen LogP contribution >= 0.6 is 0 Å². The minimum atomic E-state index is -4.37. The second-order valence-electron chi connectivity index (χ2n) is 5.07. The number of carbonyl (C=O) groups excluding carboxylic acids is 1. The van der Waals surface area contributed by atoms with E-state index in [0.29, 0.717) is 5.69 Å². The van der Waals surface area contributed by atoms with Gasteiger partial charge in [0.2, 0.25) is 5.91 Å². The van der Waals surface area contributed by atoms with Crippen LogP contribution in [-0.4, -0.2) is 43.4 Å². The van der Waals surface area contributed by atoms with Gasteiger partial charge in [-0.2, -0.15) is 13.2 Å². The summed E-state index contributed by atoms with van der Waals surface area (Å²) >= 11 is 0.